The average Bonchev–Trinajstić information content (AvgIpc) is 2.36. The summed E-state index contributed by atoms with van der Waals surface area (Å²) in [5, 5.41) is -0.586. The van der Waals surface area contributed by atoms with Gasteiger partial charge in [-0.2, -0.15) is 0 Å². The van der Waals surface area contributed by atoms with E-state index in [4.69, 9.17) is 32.2 Å². The zero-order valence-corrected chi connectivity index (χ0v) is 10.2. The van der Waals surface area contributed by atoms with Gasteiger partial charge < -0.3 is 14.2 Å². The number of hydrogen-bond donors (Lipinski definition) is 0. The number of carbonyl (C=O) groups is 1. The molecule has 0 spiro atoms. The summed E-state index contributed by atoms with van der Waals surface area (Å²) in [5.41, 5.74) is 0.294. The Balaban J connectivity index is 2.99. The molecule has 90 valence electrons. The fraction of sp³-hybridized carbons (Fsp3) is 0.250. The van der Waals surface area contributed by atoms with Gasteiger partial charge in [-0.15, -0.1) is 6.42 Å². The van der Waals surface area contributed by atoms with Crippen molar-refractivity contribution < 1.29 is 19.0 Å². The van der Waals surface area contributed by atoms with Gasteiger partial charge in [0.1, 0.15) is 5.75 Å². The second kappa shape index (κ2) is 5.69. The molecule has 4 nitrogen and oxygen atoms in total. The first-order valence-electron chi connectivity index (χ1n) is 4.64. The highest BCUT2D eigenvalue weighted by atomic mass is 35.5. The standard InChI is InChI=1S/C12H11ClO4/c1-4-12(15-2,16-3)17-10-7-5-6-9(8-10)11(13)14/h1,5-8H,2-3H3. The van der Waals surface area contributed by atoms with Crippen LogP contribution in [-0.2, 0) is 9.47 Å². The van der Waals surface area contributed by atoms with Gasteiger partial charge in [0.25, 0.3) is 5.24 Å². The van der Waals surface area contributed by atoms with E-state index in [0.717, 1.165) is 0 Å². The monoisotopic (exact) mass is 254 g/mol. The normalized spacial score (nSPS) is 10.7. The molecule has 0 N–H and O–H groups in total. The summed E-state index contributed by atoms with van der Waals surface area (Å²) in [7, 11) is 2.69. The molecule has 0 radical (unpaired) electrons. The molecule has 0 heterocycles. The van der Waals surface area contributed by atoms with Gasteiger partial charge in [0.05, 0.1) is 0 Å². The molecular formula is C12H11ClO4. The summed E-state index contributed by atoms with van der Waals surface area (Å²) in [6.45, 7) is 0. The topological polar surface area (TPSA) is 44.8 Å². The van der Waals surface area contributed by atoms with Crippen LogP contribution in [0.5, 0.6) is 5.75 Å². The zero-order valence-electron chi connectivity index (χ0n) is 9.40. The van der Waals surface area contributed by atoms with Gasteiger partial charge in [-0.3, -0.25) is 4.79 Å². The van der Waals surface area contributed by atoms with Gasteiger partial charge in [0.15, 0.2) is 0 Å². The molecule has 17 heavy (non-hydrogen) atoms. The van der Waals surface area contributed by atoms with E-state index < -0.39 is 11.2 Å². The number of ether oxygens (including phenoxy) is 3. The number of methoxy groups -OCH3 is 2. The third-order valence-corrected chi connectivity index (χ3v) is 2.25. The average molecular weight is 255 g/mol. The molecular weight excluding hydrogens is 244 g/mol. The molecule has 0 amide bonds. The van der Waals surface area contributed by atoms with Crippen LogP contribution in [-0.4, -0.2) is 25.4 Å². The van der Waals surface area contributed by atoms with Crippen LogP contribution in [0.1, 0.15) is 10.4 Å². The second-order valence-electron chi connectivity index (χ2n) is 3.01. The van der Waals surface area contributed by atoms with Crippen LogP contribution in [0.25, 0.3) is 0 Å². The number of rotatable bonds is 5. The molecule has 1 aromatic carbocycles. The largest absolute Gasteiger partial charge is 0.429 e. The fourth-order valence-corrected chi connectivity index (χ4v) is 1.27. The van der Waals surface area contributed by atoms with Crippen molar-refractivity contribution in [3.8, 4) is 18.1 Å². The number of terminal acetylenes is 1. The quantitative estimate of drug-likeness (QED) is 0.458. The van der Waals surface area contributed by atoms with Crippen LogP contribution in [0.4, 0.5) is 0 Å². The van der Waals surface area contributed by atoms with E-state index in [-0.39, 0.29) is 0 Å². The van der Waals surface area contributed by atoms with Crippen LogP contribution in [0.15, 0.2) is 24.3 Å². The maximum Gasteiger partial charge on any atom is 0.397 e. The molecule has 5 heteroatoms. The molecule has 0 saturated heterocycles. The summed E-state index contributed by atoms with van der Waals surface area (Å²) in [6.07, 6.45) is 5.26. The molecule has 0 aliphatic carbocycles. The Bertz CT molecular complexity index is 446. The highest BCUT2D eigenvalue weighted by molar-refractivity contribution is 6.67. The van der Waals surface area contributed by atoms with Crippen molar-refractivity contribution in [2.24, 2.45) is 0 Å². The molecule has 0 unspecified atom stereocenters. The lowest BCUT2D eigenvalue weighted by Gasteiger charge is -2.25. The van der Waals surface area contributed by atoms with Crippen molar-refractivity contribution in [2.75, 3.05) is 14.2 Å². The Morgan fingerprint density at radius 3 is 2.53 bits per heavy atom. The Morgan fingerprint density at radius 1 is 1.41 bits per heavy atom. The molecule has 0 atom stereocenters. The third kappa shape index (κ3) is 3.21. The number of carbonyl (C=O) groups excluding carboxylic acids is 1. The first-order chi connectivity index (χ1) is 8.06. The molecule has 1 rings (SSSR count). The summed E-state index contributed by atoms with van der Waals surface area (Å²) in [4.78, 5) is 11.0. The van der Waals surface area contributed by atoms with Crippen LogP contribution in [0.2, 0.25) is 0 Å². The van der Waals surface area contributed by atoms with Gasteiger partial charge in [0.2, 0.25) is 0 Å². The highest BCUT2D eigenvalue weighted by Crippen LogP contribution is 2.21. The van der Waals surface area contributed by atoms with Crippen molar-refractivity contribution in [3.63, 3.8) is 0 Å². The summed E-state index contributed by atoms with van der Waals surface area (Å²) in [5.74, 6) is 0.928. The minimum Gasteiger partial charge on any atom is -0.429 e. The maximum atomic E-state index is 11.0. The molecule has 0 aromatic heterocycles. The van der Waals surface area contributed by atoms with Crippen LogP contribution in [0.3, 0.4) is 0 Å². The van der Waals surface area contributed by atoms with Gasteiger partial charge in [0, 0.05) is 25.7 Å². The maximum absolute atomic E-state index is 11.0. The van der Waals surface area contributed by atoms with Crippen molar-refractivity contribution in [2.45, 2.75) is 5.97 Å². The van der Waals surface area contributed by atoms with E-state index in [1.165, 1.54) is 20.3 Å². The van der Waals surface area contributed by atoms with Crippen molar-refractivity contribution in [1.82, 2.24) is 0 Å². The second-order valence-corrected chi connectivity index (χ2v) is 3.36. The lowest BCUT2D eigenvalue weighted by molar-refractivity contribution is -0.279. The minimum absolute atomic E-state index is 0.294. The fourth-order valence-electron chi connectivity index (χ4n) is 1.15. The van der Waals surface area contributed by atoms with Crippen LogP contribution in [0, 0.1) is 12.3 Å². The molecule has 0 saturated carbocycles. The first-order valence-corrected chi connectivity index (χ1v) is 5.01. The first kappa shape index (κ1) is 13.5. The smallest absolute Gasteiger partial charge is 0.397 e. The van der Waals surface area contributed by atoms with Crippen molar-refractivity contribution in [1.29, 1.82) is 0 Å². The molecule has 0 aliphatic heterocycles. The summed E-state index contributed by atoms with van der Waals surface area (Å²) >= 11 is 5.35. The van der Waals surface area contributed by atoms with E-state index in [1.54, 1.807) is 18.2 Å². The summed E-state index contributed by atoms with van der Waals surface area (Å²) in [6, 6.07) is 6.21. The SMILES string of the molecule is C#CC(OC)(OC)Oc1cccc(C(=O)Cl)c1. The highest BCUT2D eigenvalue weighted by Gasteiger charge is 2.30. The predicted molar refractivity (Wildman–Crippen MR) is 62.8 cm³/mol. The molecule has 0 fully saturated rings. The Morgan fingerprint density at radius 2 is 2.06 bits per heavy atom. The zero-order chi connectivity index (χ0) is 12.9. The Kier molecular flexibility index (Phi) is 4.53. The molecule has 1 aromatic rings. The molecule has 0 aliphatic rings. The molecule has 0 bridgehead atoms. The lowest BCUT2D eigenvalue weighted by Crippen LogP contribution is -2.38. The van der Waals surface area contributed by atoms with Crippen LogP contribution >= 0.6 is 11.6 Å². The van der Waals surface area contributed by atoms with E-state index in [0.29, 0.717) is 11.3 Å². The van der Waals surface area contributed by atoms with Crippen molar-refractivity contribution >= 4 is 16.8 Å². The van der Waals surface area contributed by atoms with Crippen LogP contribution < -0.4 is 4.74 Å². The van der Waals surface area contributed by atoms with E-state index in [2.05, 4.69) is 5.92 Å². The Labute approximate surface area is 104 Å². The van der Waals surface area contributed by atoms with Gasteiger partial charge in [-0.05, 0) is 29.8 Å². The van der Waals surface area contributed by atoms with E-state index >= 15 is 0 Å². The Hall–Kier alpha value is -1.54. The van der Waals surface area contributed by atoms with Crippen molar-refractivity contribution in [3.05, 3.63) is 29.8 Å². The van der Waals surface area contributed by atoms with Gasteiger partial charge in [-0.1, -0.05) is 6.07 Å². The van der Waals surface area contributed by atoms with Gasteiger partial charge >= 0.3 is 5.97 Å². The van der Waals surface area contributed by atoms with E-state index in [9.17, 15) is 4.79 Å². The number of halogens is 1. The predicted octanol–water partition coefficient (Wildman–Crippen LogP) is 2.02. The minimum atomic E-state index is -1.62. The number of hydrogen-bond acceptors (Lipinski definition) is 4. The number of benzene rings is 1. The van der Waals surface area contributed by atoms with Gasteiger partial charge in [-0.25, -0.2) is 0 Å². The lowest BCUT2D eigenvalue weighted by atomic mass is 10.2. The third-order valence-electron chi connectivity index (χ3n) is 2.03. The summed E-state index contributed by atoms with van der Waals surface area (Å²) < 4.78 is 15.2. The van der Waals surface area contributed by atoms with E-state index in [1.807, 2.05) is 0 Å².